The fourth-order valence-electron chi connectivity index (χ4n) is 0.0965. The van der Waals surface area contributed by atoms with Gasteiger partial charge in [-0.05, 0) is 21.3 Å². The molecule has 40 valence electrons. The highest BCUT2D eigenvalue weighted by Crippen LogP contribution is 1.81. The summed E-state index contributed by atoms with van der Waals surface area (Å²) in [6.45, 7) is 0. The smallest absolute Gasteiger partial charge is 0.0760 e. The molecule has 0 aliphatic carbocycles. The summed E-state index contributed by atoms with van der Waals surface area (Å²) in [5.41, 5.74) is 15.3. The normalized spacial score (nSPS) is 6.00. The number of azide groups is 1. The molecular formula is CN6S. The Bertz CT molecular complexity index is 161. The van der Waals surface area contributed by atoms with E-state index in [-0.39, 0.29) is 5.11 Å². The van der Waals surface area contributed by atoms with Crippen molar-refractivity contribution in [3.63, 3.8) is 0 Å². The first kappa shape index (κ1) is 6.71. The molecule has 0 saturated heterocycles. The SMILES string of the molecule is [N-]=[N+]=NC(=S)N=[N+]=[N-]. The molecule has 6 nitrogen and oxygen atoms in total. The van der Waals surface area contributed by atoms with E-state index >= 15 is 0 Å². The van der Waals surface area contributed by atoms with Crippen LogP contribution >= 0.6 is 12.2 Å². The van der Waals surface area contributed by atoms with Gasteiger partial charge in [-0.1, -0.05) is 12.2 Å². The molecule has 0 heterocycles. The Morgan fingerprint density at radius 3 is 1.88 bits per heavy atom. The molecule has 0 fully saturated rings. The number of rotatable bonds is 0. The van der Waals surface area contributed by atoms with Crippen LogP contribution < -0.4 is 0 Å². The summed E-state index contributed by atoms with van der Waals surface area (Å²) in [5, 5.41) is 5.27. The van der Waals surface area contributed by atoms with E-state index in [4.69, 9.17) is 11.1 Å². The summed E-state index contributed by atoms with van der Waals surface area (Å²) >= 11 is 4.21. The molecule has 7 heteroatoms. The van der Waals surface area contributed by atoms with E-state index in [1.165, 1.54) is 0 Å². The molecular weight excluding hydrogens is 128 g/mol. The average Bonchev–Trinajstić information content (AvgIpc) is 1.68. The Morgan fingerprint density at radius 1 is 1.25 bits per heavy atom. The van der Waals surface area contributed by atoms with Crippen molar-refractivity contribution in [2.75, 3.05) is 0 Å². The highest BCUT2D eigenvalue weighted by molar-refractivity contribution is 7.80. The second kappa shape index (κ2) is 3.89. The van der Waals surface area contributed by atoms with Gasteiger partial charge in [-0.2, -0.15) is 0 Å². The molecule has 0 aromatic rings. The topological polar surface area (TPSA) is 97.5 Å². The van der Waals surface area contributed by atoms with E-state index in [9.17, 15) is 0 Å². The lowest BCUT2D eigenvalue weighted by atomic mass is 11.2. The molecule has 0 atom stereocenters. The number of hydrogen-bond donors (Lipinski definition) is 0. The molecule has 0 saturated carbocycles. The van der Waals surface area contributed by atoms with Gasteiger partial charge in [-0.15, -0.1) is 0 Å². The standard InChI is InChI=1S/CN6S/c2-6-4-1(8)5-7-3. The Hall–Kier alpha value is -1.29. The second-order valence-electron chi connectivity index (χ2n) is 0.661. The van der Waals surface area contributed by atoms with E-state index in [2.05, 4.69) is 32.3 Å². The maximum absolute atomic E-state index is 7.65. The van der Waals surface area contributed by atoms with E-state index in [0.717, 1.165) is 0 Å². The molecule has 0 amide bonds. The Balaban J connectivity index is 4.04. The molecule has 0 rings (SSSR count). The number of thiocarbonyl (C=S) groups is 1. The van der Waals surface area contributed by atoms with Gasteiger partial charge >= 0.3 is 0 Å². The summed E-state index contributed by atoms with van der Waals surface area (Å²) in [5.74, 6) is 0. The average molecular weight is 128 g/mol. The highest BCUT2D eigenvalue weighted by Gasteiger charge is 1.78. The third-order valence-corrected chi connectivity index (χ3v) is 0.424. The molecule has 0 aromatic heterocycles. The molecule has 0 radical (unpaired) electrons. The van der Waals surface area contributed by atoms with Gasteiger partial charge in [0.2, 0.25) is 0 Å². The minimum Gasteiger partial charge on any atom is -0.0760 e. The fourth-order valence-corrected chi connectivity index (χ4v) is 0.170. The van der Waals surface area contributed by atoms with Crippen molar-refractivity contribution in [3.05, 3.63) is 20.9 Å². The van der Waals surface area contributed by atoms with Gasteiger partial charge < -0.3 is 0 Å². The first-order valence-electron chi connectivity index (χ1n) is 1.45. The van der Waals surface area contributed by atoms with Crippen molar-refractivity contribution in [2.24, 2.45) is 10.2 Å². The lowest BCUT2D eigenvalue weighted by Crippen LogP contribution is -1.72. The number of nitrogens with zero attached hydrogens (tertiary/aromatic N) is 6. The van der Waals surface area contributed by atoms with Crippen molar-refractivity contribution in [2.45, 2.75) is 0 Å². The van der Waals surface area contributed by atoms with Crippen LogP contribution in [0.2, 0.25) is 0 Å². The van der Waals surface area contributed by atoms with Gasteiger partial charge in [0.15, 0.2) is 5.11 Å². The van der Waals surface area contributed by atoms with Crippen LogP contribution in [0.1, 0.15) is 0 Å². The van der Waals surface area contributed by atoms with Gasteiger partial charge in [-0.3, -0.25) is 0 Å². The van der Waals surface area contributed by atoms with Crippen LogP contribution in [-0.2, 0) is 0 Å². The Kier molecular flexibility index (Phi) is 3.26. The molecule has 0 aromatic carbocycles. The second-order valence-corrected chi connectivity index (χ2v) is 1.03. The summed E-state index contributed by atoms with van der Waals surface area (Å²) in [7, 11) is 0. The quantitative estimate of drug-likeness (QED) is 0.211. The van der Waals surface area contributed by atoms with Crippen molar-refractivity contribution in [1.82, 2.24) is 0 Å². The van der Waals surface area contributed by atoms with E-state index in [0.29, 0.717) is 0 Å². The molecule has 0 bridgehead atoms. The lowest BCUT2D eigenvalue weighted by molar-refractivity contribution is 1.52. The van der Waals surface area contributed by atoms with Crippen molar-refractivity contribution in [3.8, 4) is 0 Å². The van der Waals surface area contributed by atoms with E-state index in [1.807, 2.05) is 0 Å². The van der Waals surface area contributed by atoms with Gasteiger partial charge in [0.25, 0.3) is 0 Å². The van der Waals surface area contributed by atoms with Gasteiger partial charge in [0.1, 0.15) is 0 Å². The summed E-state index contributed by atoms with van der Waals surface area (Å²) < 4.78 is 0. The van der Waals surface area contributed by atoms with Crippen LogP contribution in [0.15, 0.2) is 10.2 Å². The minimum absolute atomic E-state index is 0.338. The molecule has 0 aliphatic heterocycles. The van der Waals surface area contributed by atoms with Crippen LogP contribution in [0.25, 0.3) is 20.9 Å². The van der Waals surface area contributed by atoms with Gasteiger partial charge in [-0.25, -0.2) is 0 Å². The maximum Gasteiger partial charge on any atom is 0.164 e. The number of hydrogen-bond acceptors (Lipinski definition) is 1. The summed E-state index contributed by atoms with van der Waals surface area (Å²) in [6, 6.07) is 0. The van der Waals surface area contributed by atoms with Crippen molar-refractivity contribution in [1.29, 1.82) is 0 Å². The zero-order valence-electron chi connectivity index (χ0n) is 3.59. The fraction of sp³-hybridized carbons (Fsp3) is 0. The molecule has 0 N–H and O–H groups in total. The van der Waals surface area contributed by atoms with Crippen molar-refractivity contribution < 1.29 is 0 Å². The predicted octanol–water partition coefficient (Wildman–Crippen LogP) is 1.89. The van der Waals surface area contributed by atoms with Gasteiger partial charge in [0.05, 0.1) is 0 Å². The van der Waals surface area contributed by atoms with Crippen LogP contribution in [0.5, 0.6) is 0 Å². The Labute approximate surface area is 49.4 Å². The highest BCUT2D eigenvalue weighted by atomic mass is 32.1. The lowest BCUT2D eigenvalue weighted by Gasteiger charge is -1.69. The molecule has 0 aliphatic rings. The van der Waals surface area contributed by atoms with Crippen LogP contribution in [-0.4, -0.2) is 5.11 Å². The first-order valence-corrected chi connectivity index (χ1v) is 1.86. The zero-order chi connectivity index (χ0) is 6.41. The van der Waals surface area contributed by atoms with Gasteiger partial charge in [0, 0.05) is 9.82 Å². The Morgan fingerprint density at radius 2 is 1.62 bits per heavy atom. The third kappa shape index (κ3) is 2.92. The van der Waals surface area contributed by atoms with Crippen LogP contribution in [0, 0.1) is 0 Å². The monoisotopic (exact) mass is 128 g/mol. The summed E-state index contributed by atoms with van der Waals surface area (Å²) in [6.07, 6.45) is 0. The summed E-state index contributed by atoms with van der Waals surface area (Å²) in [4.78, 5) is 4.55. The predicted molar refractivity (Wildman–Crippen MR) is 30.9 cm³/mol. The maximum atomic E-state index is 7.65. The van der Waals surface area contributed by atoms with E-state index in [1.54, 1.807) is 0 Å². The van der Waals surface area contributed by atoms with Crippen LogP contribution in [0.3, 0.4) is 0 Å². The van der Waals surface area contributed by atoms with Crippen molar-refractivity contribution >= 4 is 17.3 Å². The van der Waals surface area contributed by atoms with E-state index < -0.39 is 0 Å². The minimum atomic E-state index is -0.338. The zero-order valence-corrected chi connectivity index (χ0v) is 4.41. The third-order valence-electron chi connectivity index (χ3n) is 0.261. The molecule has 8 heavy (non-hydrogen) atoms. The molecule has 0 unspecified atom stereocenters. The largest absolute Gasteiger partial charge is 0.164 e. The first-order chi connectivity index (χ1) is 3.81. The van der Waals surface area contributed by atoms with Crippen LogP contribution in [0.4, 0.5) is 0 Å². The molecule has 0 spiro atoms.